The molecule has 2 N–H and O–H groups in total. The van der Waals surface area contributed by atoms with E-state index in [-0.39, 0.29) is 24.8 Å². The number of pyridine rings is 1. The van der Waals surface area contributed by atoms with Crippen LogP contribution in [0.4, 0.5) is 0 Å². The molecule has 0 radical (unpaired) electrons. The Kier molecular flexibility index (Phi) is 9.51. The van der Waals surface area contributed by atoms with Crippen LogP contribution >= 0.6 is 24.8 Å². The van der Waals surface area contributed by atoms with E-state index in [1.807, 2.05) is 6.07 Å². The Morgan fingerprint density at radius 3 is 2.64 bits per heavy atom. The van der Waals surface area contributed by atoms with Crippen molar-refractivity contribution in [2.45, 2.75) is 12.8 Å². The zero-order chi connectivity index (χ0) is 15.9. The average Bonchev–Trinajstić information content (AvgIpc) is 3.03. The maximum Gasteiger partial charge on any atom is 0.439 e. The molecule has 0 atom stereocenters. The molecule has 10 heteroatoms. The van der Waals surface area contributed by atoms with E-state index in [4.69, 9.17) is 4.74 Å². The zero-order valence-corrected chi connectivity index (χ0v) is 15.4. The lowest BCUT2D eigenvalue weighted by Gasteiger charge is -2.26. The fourth-order valence-electron chi connectivity index (χ4n) is 2.51. The lowest BCUT2D eigenvalue weighted by atomic mass is 10.2. The molecule has 0 aromatic carbocycles. The number of aromatic amines is 1. The third-order valence-electron chi connectivity index (χ3n) is 3.77. The van der Waals surface area contributed by atoms with Crippen LogP contribution in [0.3, 0.4) is 0 Å². The number of hydrogen-bond donors (Lipinski definition) is 2. The molecule has 1 fully saturated rings. The van der Waals surface area contributed by atoms with E-state index in [0.717, 1.165) is 45.6 Å². The van der Waals surface area contributed by atoms with Gasteiger partial charge in [0.1, 0.15) is 11.4 Å². The van der Waals surface area contributed by atoms with Gasteiger partial charge in [0.15, 0.2) is 0 Å². The number of ether oxygens (including phenoxy) is 1. The molecule has 25 heavy (non-hydrogen) atoms. The van der Waals surface area contributed by atoms with Gasteiger partial charge in [0, 0.05) is 26.2 Å². The molecule has 0 bridgehead atoms. The molecule has 0 unspecified atom stereocenters. The van der Waals surface area contributed by atoms with Gasteiger partial charge in [0.2, 0.25) is 5.82 Å². The van der Waals surface area contributed by atoms with Gasteiger partial charge in [-0.15, -0.1) is 24.8 Å². The summed E-state index contributed by atoms with van der Waals surface area (Å²) in [5.41, 5.74) is 0.543. The van der Waals surface area contributed by atoms with Crippen LogP contribution in [0.1, 0.15) is 12.8 Å². The molecule has 0 aliphatic carbocycles. The highest BCUT2D eigenvalue weighted by Gasteiger charge is 2.08. The summed E-state index contributed by atoms with van der Waals surface area (Å²) in [5, 5.41) is 6.94. The Hall–Kier alpha value is -1.61. The van der Waals surface area contributed by atoms with Gasteiger partial charge in [0.05, 0.1) is 12.8 Å². The van der Waals surface area contributed by atoms with Gasteiger partial charge in [-0.2, -0.15) is 0 Å². The van der Waals surface area contributed by atoms with Crippen LogP contribution in [-0.2, 0) is 0 Å². The first-order chi connectivity index (χ1) is 11.3. The predicted molar refractivity (Wildman–Crippen MR) is 98.9 cm³/mol. The minimum absolute atomic E-state index is 0. The van der Waals surface area contributed by atoms with E-state index < -0.39 is 5.76 Å². The molecular formula is C15H23Cl2N5O3. The van der Waals surface area contributed by atoms with Gasteiger partial charge in [-0.05, 0) is 31.5 Å². The van der Waals surface area contributed by atoms with Crippen LogP contribution in [0, 0.1) is 0 Å². The smallest absolute Gasteiger partial charge is 0.439 e. The molecule has 0 amide bonds. The number of piperazine rings is 1. The van der Waals surface area contributed by atoms with Crippen molar-refractivity contribution in [3.8, 4) is 17.3 Å². The quantitative estimate of drug-likeness (QED) is 0.687. The SMILES string of the molecule is Cl.Cl.O=c1[nH]c(-c2ccc(OCCCCN3CCNCC3)cn2)no1. The molecule has 2 aromatic heterocycles. The first-order valence-electron chi connectivity index (χ1n) is 7.89. The highest BCUT2D eigenvalue weighted by molar-refractivity contribution is 5.85. The number of H-pyrrole nitrogens is 1. The van der Waals surface area contributed by atoms with Crippen molar-refractivity contribution in [2.24, 2.45) is 0 Å². The number of halogens is 2. The summed E-state index contributed by atoms with van der Waals surface area (Å²) in [7, 11) is 0. The zero-order valence-electron chi connectivity index (χ0n) is 13.8. The highest BCUT2D eigenvalue weighted by atomic mass is 35.5. The molecule has 1 aliphatic heterocycles. The van der Waals surface area contributed by atoms with Gasteiger partial charge in [-0.3, -0.25) is 9.51 Å². The van der Waals surface area contributed by atoms with Crippen LogP contribution in [0.15, 0.2) is 27.6 Å². The van der Waals surface area contributed by atoms with Crippen molar-refractivity contribution in [2.75, 3.05) is 39.3 Å². The van der Waals surface area contributed by atoms with Crippen molar-refractivity contribution in [3.05, 3.63) is 28.9 Å². The number of hydrogen-bond acceptors (Lipinski definition) is 7. The van der Waals surface area contributed by atoms with Gasteiger partial charge in [-0.25, -0.2) is 9.78 Å². The summed E-state index contributed by atoms with van der Waals surface area (Å²) < 4.78 is 10.1. The lowest BCUT2D eigenvalue weighted by molar-refractivity contribution is 0.226. The van der Waals surface area contributed by atoms with Crippen molar-refractivity contribution >= 4 is 24.8 Å². The van der Waals surface area contributed by atoms with E-state index in [1.165, 1.54) is 0 Å². The van der Waals surface area contributed by atoms with Crippen LogP contribution in [0.25, 0.3) is 11.5 Å². The van der Waals surface area contributed by atoms with E-state index in [9.17, 15) is 4.79 Å². The molecule has 140 valence electrons. The van der Waals surface area contributed by atoms with Crippen molar-refractivity contribution < 1.29 is 9.26 Å². The Morgan fingerprint density at radius 1 is 1.20 bits per heavy atom. The van der Waals surface area contributed by atoms with Crippen LogP contribution in [0.5, 0.6) is 5.75 Å². The Labute approximate surface area is 158 Å². The molecule has 1 aliphatic rings. The Morgan fingerprint density at radius 2 is 2.00 bits per heavy atom. The highest BCUT2D eigenvalue weighted by Crippen LogP contribution is 2.15. The van der Waals surface area contributed by atoms with E-state index in [1.54, 1.807) is 12.3 Å². The van der Waals surface area contributed by atoms with Gasteiger partial charge < -0.3 is 15.0 Å². The average molecular weight is 392 g/mol. The second-order valence-electron chi connectivity index (χ2n) is 5.47. The minimum atomic E-state index is -0.591. The molecule has 3 heterocycles. The summed E-state index contributed by atoms with van der Waals surface area (Å²) in [4.78, 5) is 20.0. The second kappa shape index (κ2) is 11.1. The van der Waals surface area contributed by atoms with Crippen molar-refractivity contribution in [3.63, 3.8) is 0 Å². The number of rotatable bonds is 7. The molecule has 0 spiro atoms. The van der Waals surface area contributed by atoms with Crippen molar-refractivity contribution in [1.82, 2.24) is 25.3 Å². The molecular weight excluding hydrogens is 369 g/mol. The fourth-order valence-corrected chi connectivity index (χ4v) is 2.51. The summed E-state index contributed by atoms with van der Waals surface area (Å²) >= 11 is 0. The number of unbranched alkanes of at least 4 members (excludes halogenated alkanes) is 1. The Balaban J connectivity index is 0.00000156. The molecule has 0 saturated carbocycles. The van der Waals surface area contributed by atoms with Gasteiger partial charge in [0.25, 0.3) is 0 Å². The third kappa shape index (κ3) is 6.66. The van der Waals surface area contributed by atoms with E-state index in [0.29, 0.717) is 23.9 Å². The molecule has 1 saturated heterocycles. The first kappa shape index (κ1) is 21.4. The first-order valence-corrected chi connectivity index (χ1v) is 7.89. The van der Waals surface area contributed by atoms with Gasteiger partial charge >= 0.3 is 5.76 Å². The van der Waals surface area contributed by atoms with Gasteiger partial charge in [-0.1, -0.05) is 5.16 Å². The Bertz CT molecular complexity index is 656. The standard InChI is InChI=1S/C15H21N5O3.2ClH/c21-15-18-14(19-23-15)13-4-3-12(11-17-13)22-10-2-1-7-20-8-5-16-6-9-20;;/h3-4,11,16H,1-2,5-10H2,(H,18,19,21);2*1H. The van der Waals surface area contributed by atoms with E-state index >= 15 is 0 Å². The summed E-state index contributed by atoms with van der Waals surface area (Å²) in [6, 6.07) is 3.55. The fraction of sp³-hybridized carbons (Fsp3) is 0.533. The van der Waals surface area contributed by atoms with Crippen LogP contribution in [0.2, 0.25) is 0 Å². The normalized spacial score (nSPS) is 14.4. The second-order valence-corrected chi connectivity index (χ2v) is 5.47. The third-order valence-corrected chi connectivity index (χ3v) is 3.77. The number of nitrogens with one attached hydrogen (secondary N) is 2. The molecule has 3 rings (SSSR count). The monoisotopic (exact) mass is 391 g/mol. The molecule has 8 nitrogen and oxygen atoms in total. The van der Waals surface area contributed by atoms with Crippen LogP contribution < -0.4 is 15.8 Å². The van der Waals surface area contributed by atoms with Crippen molar-refractivity contribution in [1.29, 1.82) is 0 Å². The predicted octanol–water partition coefficient (Wildman–Crippen LogP) is 1.33. The van der Waals surface area contributed by atoms with Crippen LogP contribution in [-0.4, -0.2) is 59.4 Å². The maximum absolute atomic E-state index is 10.9. The summed E-state index contributed by atoms with van der Waals surface area (Å²) in [6.07, 6.45) is 3.77. The minimum Gasteiger partial charge on any atom is -0.492 e. The summed E-state index contributed by atoms with van der Waals surface area (Å²) in [6.45, 7) is 6.25. The number of nitrogens with zero attached hydrogens (tertiary/aromatic N) is 3. The molecule has 2 aromatic rings. The summed E-state index contributed by atoms with van der Waals surface area (Å²) in [5.74, 6) is 0.436. The maximum atomic E-state index is 10.9. The van der Waals surface area contributed by atoms with E-state index in [2.05, 4.69) is 29.9 Å². The lowest BCUT2D eigenvalue weighted by Crippen LogP contribution is -2.43. The number of aromatic nitrogens is 3. The largest absolute Gasteiger partial charge is 0.492 e. The topological polar surface area (TPSA) is 96.3 Å².